The summed E-state index contributed by atoms with van der Waals surface area (Å²) in [5.74, 6) is -2.89. The molecule has 0 aliphatic rings. The van der Waals surface area contributed by atoms with Gasteiger partial charge in [-0.1, -0.05) is 26.0 Å². The van der Waals surface area contributed by atoms with Crippen LogP contribution in [0.3, 0.4) is 0 Å². The monoisotopic (exact) mass is 378 g/mol. The third-order valence-corrected chi connectivity index (χ3v) is 3.43. The Hall–Kier alpha value is -2.96. The molecule has 1 amide bonds. The number of benzene rings is 2. The molecule has 0 aliphatic carbocycles. The highest BCUT2D eigenvalue weighted by atomic mass is 19.1. The number of hydrogen-bond donors (Lipinski definition) is 2. The van der Waals surface area contributed by atoms with Gasteiger partial charge in [-0.25, -0.2) is 8.78 Å². The van der Waals surface area contributed by atoms with Crippen LogP contribution < -0.4 is 11.1 Å². The number of nitrogens with one attached hydrogen (secondary N) is 1. The maximum atomic E-state index is 13.0. The van der Waals surface area contributed by atoms with Gasteiger partial charge in [0.15, 0.2) is 0 Å². The minimum Gasteiger partial charge on any atom is -0.465 e. The summed E-state index contributed by atoms with van der Waals surface area (Å²) in [6, 6.07) is 11.4. The van der Waals surface area contributed by atoms with Crippen molar-refractivity contribution < 1.29 is 23.1 Å². The second kappa shape index (κ2) is 10.9. The first-order valence-electron chi connectivity index (χ1n) is 8.48. The van der Waals surface area contributed by atoms with Crippen LogP contribution in [-0.4, -0.2) is 18.5 Å². The zero-order valence-electron chi connectivity index (χ0n) is 15.5. The molecule has 1 unspecified atom stereocenters. The summed E-state index contributed by atoms with van der Waals surface area (Å²) in [4.78, 5) is 23.8. The molecule has 0 fully saturated rings. The Balaban J connectivity index is 0.000000377. The normalized spacial score (nSPS) is 11.2. The lowest BCUT2D eigenvalue weighted by atomic mass is 9.95. The lowest BCUT2D eigenvalue weighted by molar-refractivity contribution is -0.152. The van der Waals surface area contributed by atoms with Crippen LogP contribution in [0.5, 0.6) is 0 Å². The summed E-state index contributed by atoms with van der Waals surface area (Å²) >= 11 is 0. The van der Waals surface area contributed by atoms with Gasteiger partial charge >= 0.3 is 5.97 Å². The number of amides is 1. The minimum absolute atomic E-state index is 0.201. The Morgan fingerprint density at radius 1 is 1.07 bits per heavy atom. The van der Waals surface area contributed by atoms with Crippen molar-refractivity contribution >= 4 is 23.3 Å². The third kappa shape index (κ3) is 7.85. The maximum absolute atomic E-state index is 13.0. The predicted octanol–water partition coefficient (Wildman–Crippen LogP) is 4.01. The molecule has 0 bridgehead atoms. The summed E-state index contributed by atoms with van der Waals surface area (Å²) in [7, 11) is 0. The smallest absolute Gasteiger partial charge is 0.318 e. The van der Waals surface area contributed by atoms with Crippen molar-refractivity contribution in [2.45, 2.75) is 20.8 Å². The number of nitrogen functional groups attached to an aromatic ring is 1. The standard InChI is InChI=1S/C14H18FNO3.C6H6FN/c1-4-19-14(18)12(9(2)3)13(17)16-11-7-5-6-10(15)8-11;7-5-2-1-3-6(8)4-5/h5-9,12H,4H2,1-3H3,(H,16,17);1-4H,8H2. The summed E-state index contributed by atoms with van der Waals surface area (Å²) in [6.07, 6.45) is 0. The van der Waals surface area contributed by atoms with E-state index in [4.69, 9.17) is 10.5 Å². The SMILES string of the molecule is CCOC(=O)C(C(=O)Nc1cccc(F)c1)C(C)C.Nc1cccc(F)c1. The number of rotatable bonds is 5. The van der Waals surface area contributed by atoms with E-state index < -0.39 is 23.6 Å². The largest absolute Gasteiger partial charge is 0.465 e. The fourth-order valence-electron chi connectivity index (χ4n) is 2.21. The van der Waals surface area contributed by atoms with Crippen LogP contribution >= 0.6 is 0 Å². The Labute approximate surface area is 157 Å². The van der Waals surface area contributed by atoms with E-state index >= 15 is 0 Å². The van der Waals surface area contributed by atoms with Gasteiger partial charge in [-0.15, -0.1) is 0 Å². The molecular formula is C20H24F2N2O3. The van der Waals surface area contributed by atoms with E-state index in [9.17, 15) is 18.4 Å². The van der Waals surface area contributed by atoms with Gasteiger partial charge in [-0.2, -0.15) is 0 Å². The lowest BCUT2D eigenvalue weighted by Gasteiger charge is -2.18. The second-order valence-corrected chi connectivity index (χ2v) is 6.03. The molecule has 2 rings (SSSR count). The van der Waals surface area contributed by atoms with E-state index in [-0.39, 0.29) is 18.3 Å². The van der Waals surface area contributed by atoms with Gasteiger partial charge in [0.2, 0.25) is 5.91 Å². The van der Waals surface area contributed by atoms with E-state index in [1.54, 1.807) is 39.0 Å². The molecule has 27 heavy (non-hydrogen) atoms. The molecule has 0 radical (unpaired) electrons. The van der Waals surface area contributed by atoms with Crippen LogP contribution in [0.15, 0.2) is 48.5 Å². The molecule has 0 saturated carbocycles. The Morgan fingerprint density at radius 3 is 2.11 bits per heavy atom. The average Bonchev–Trinajstić information content (AvgIpc) is 2.55. The molecule has 2 aromatic carbocycles. The van der Waals surface area contributed by atoms with Crippen molar-refractivity contribution in [3.63, 3.8) is 0 Å². The molecule has 2 aromatic rings. The van der Waals surface area contributed by atoms with E-state index in [0.29, 0.717) is 11.4 Å². The average molecular weight is 378 g/mol. The fraction of sp³-hybridized carbons (Fsp3) is 0.300. The first-order valence-corrected chi connectivity index (χ1v) is 8.48. The van der Waals surface area contributed by atoms with Gasteiger partial charge in [-0.3, -0.25) is 9.59 Å². The van der Waals surface area contributed by atoms with Crippen LogP contribution in [0.4, 0.5) is 20.2 Å². The van der Waals surface area contributed by atoms with Gasteiger partial charge < -0.3 is 15.8 Å². The van der Waals surface area contributed by atoms with E-state index in [0.717, 1.165) is 0 Å². The molecule has 5 nitrogen and oxygen atoms in total. The Bertz CT molecular complexity index is 749. The number of halogens is 2. The first-order chi connectivity index (χ1) is 12.7. The second-order valence-electron chi connectivity index (χ2n) is 6.03. The van der Waals surface area contributed by atoms with Gasteiger partial charge in [0, 0.05) is 11.4 Å². The summed E-state index contributed by atoms with van der Waals surface area (Å²) in [5, 5.41) is 2.52. The number of carbonyl (C=O) groups excluding carboxylic acids is 2. The number of ether oxygens (including phenoxy) is 1. The van der Waals surface area contributed by atoms with Gasteiger partial charge in [0.25, 0.3) is 0 Å². The highest BCUT2D eigenvalue weighted by Gasteiger charge is 2.31. The molecule has 1 atom stereocenters. The minimum atomic E-state index is -0.900. The van der Waals surface area contributed by atoms with Crippen LogP contribution in [0.25, 0.3) is 0 Å². The molecule has 0 aliphatic heterocycles. The highest BCUT2D eigenvalue weighted by Crippen LogP contribution is 2.17. The van der Waals surface area contributed by atoms with Crippen LogP contribution in [0.2, 0.25) is 0 Å². The zero-order chi connectivity index (χ0) is 20.4. The molecule has 0 aromatic heterocycles. The fourth-order valence-corrected chi connectivity index (χ4v) is 2.21. The molecule has 146 valence electrons. The van der Waals surface area contributed by atoms with Gasteiger partial charge in [0.1, 0.15) is 17.6 Å². The van der Waals surface area contributed by atoms with Crippen LogP contribution in [0, 0.1) is 23.5 Å². The number of esters is 1. The van der Waals surface area contributed by atoms with Crippen molar-refractivity contribution in [2.24, 2.45) is 11.8 Å². The topological polar surface area (TPSA) is 81.4 Å². The number of nitrogens with two attached hydrogens (primary N) is 1. The van der Waals surface area contributed by atoms with Crippen molar-refractivity contribution in [2.75, 3.05) is 17.7 Å². The third-order valence-electron chi connectivity index (χ3n) is 3.43. The number of carbonyl (C=O) groups is 2. The Morgan fingerprint density at radius 2 is 1.67 bits per heavy atom. The number of anilines is 2. The number of hydrogen-bond acceptors (Lipinski definition) is 4. The van der Waals surface area contributed by atoms with Gasteiger partial charge in [-0.05, 0) is 49.2 Å². The molecular weight excluding hydrogens is 354 g/mol. The first kappa shape index (κ1) is 22.1. The van der Waals surface area contributed by atoms with E-state index in [2.05, 4.69) is 5.32 Å². The molecule has 7 heteroatoms. The van der Waals surface area contributed by atoms with Gasteiger partial charge in [0.05, 0.1) is 6.61 Å². The highest BCUT2D eigenvalue weighted by molar-refractivity contribution is 6.04. The maximum Gasteiger partial charge on any atom is 0.318 e. The molecule has 0 spiro atoms. The summed E-state index contributed by atoms with van der Waals surface area (Å²) in [5.41, 5.74) is 6.00. The van der Waals surface area contributed by atoms with Crippen molar-refractivity contribution in [1.82, 2.24) is 0 Å². The van der Waals surface area contributed by atoms with Crippen LogP contribution in [-0.2, 0) is 14.3 Å². The quantitative estimate of drug-likeness (QED) is 0.468. The van der Waals surface area contributed by atoms with E-state index in [1.807, 2.05) is 0 Å². The molecule has 0 saturated heterocycles. The molecule has 3 N–H and O–H groups in total. The Kier molecular flexibility index (Phi) is 8.92. The lowest BCUT2D eigenvalue weighted by Crippen LogP contribution is -2.35. The zero-order valence-corrected chi connectivity index (χ0v) is 15.5. The molecule has 0 heterocycles. The van der Waals surface area contributed by atoms with Crippen molar-refractivity contribution in [3.05, 3.63) is 60.2 Å². The van der Waals surface area contributed by atoms with Crippen molar-refractivity contribution in [3.8, 4) is 0 Å². The van der Waals surface area contributed by atoms with Crippen LogP contribution in [0.1, 0.15) is 20.8 Å². The summed E-state index contributed by atoms with van der Waals surface area (Å²) < 4.78 is 30.0. The van der Waals surface area contributed by atoms with E-state index in [1.165, 1.54) is 30.3 Å². The predicted molar refractivity (Wildman–Crippen MR) is 101 cm³/mol. The summed E-state index contributed by atoms with van der Waals surface area (Å²) in [6.45, 7) is 5.41. The van der Waals surface area contributed by atoms with Crippen molar-refractivity contribution in [1.29, 1.82) is 0 Å².